The van der Waals surface area contributed by atoms with E-state index in [1.165, 1.54) is 16.9 Å². The number of carbonyl (C=O) groups excluding carboxylic acids is 1. The number of nitrogens with one attached hydrogen (secondary N) is 1. The van der Waals surface area contributed by atoms with E-state index < -0.39 is 6.04 Å². The molecular formula is C16H21FN4O. The van der Waals surface area contributed by atoms with Crippen LogP contribution in [-0.2, 0) is 4.79 Å². The average molecular weight is 304 g/mol. The first-order valence-electron chi connectivity index (χ1n) is 7.31. The molecule has 0 aliphatic heterocycles. The number of carbonyl (C=O) groups is 1. The van der Waals surface area contributed by atoms with Crippen molar-refractivity contribution in [1.82, 2.24) is 9.78 Å². The number of rotatable bonds is 5. The van der Waals surface area contributed by atoms with Crippen molar-refractivity contribution in [1.29, 1.82) is 0 Å². The van der Waals surface area contributed by atoms with Crippen LogP contribution in [0.4, 0.5) is 10.1 Å². The van der Waals surface area contributed by atoms with E-state index in [9.17, 15) is 9.18 Å². The zero-order chi connectivity index (χ0) is 16.3. The molecule has 5 nitrogen and oxygen atoms in total. The Morgan fingerprint density at radius 1 is 1.45 bits per heavy atom. The molecule has 6 heteroatoms. The maximum Gasteiger partial charge on any atom is 0.241 e. The first-order valence-corrected chi connectivity index (χ1v) is 7.31. The zero-order valence-corrected chi connectivity index (χ0v) is 13.0. The van der Waals surface area contributed by atoms with Crippen LogP contribution in [0.5, 0.6) is 0 Å². The number of benzene rings is 1. The van der Waals surface area contributed by atoms with Crippen LogP contribution in [0, 0.1) is 18.7 Å². The van der Waals surface area contributed by atoms with Gasteiger partial charge in [0, 0.05) is 0 Å². The summed E-state index contributed by atoms with van der Waals surface area (Å²) in [4.78, 5) is 12.1. The SMILES string of the molecule is CCC(C)C(N)C(=O)Nc1cnn(-c2ccccc2F)c1C. The molecule has 0 aliphatic rings. The lowest BCUT2D eigenvalue weighted by atomic mass is 9.99. The first-order chi connectivity index (χ1) is 10.5. The van der Waals surface area contributed by atoms with Gasteiger partial charge in [-0.1, -0.05) is 32.4 Å². The highest BCUT2D eigenvalue weighted by Crippen LogP contribution is 2.20. The van der Waals surface area contributed by atoms with Gasteiger partial charge in [0.25, 0.3) is 0 Å². The summed E-state index contributed by atoms with van der Waals surface area (Å²) in [5.74, 6) is -0.546. The largest absolute Gasteiger partial charge is 0.322 e. The number of anilines is 1. The van der Waals surface area contributed by atoms with E-state index in [-0.39, 0.29) is 17.6 Å². The first kappa shape index (κ1) is 16.2. The number of hydrogen-bond donors (Lipinski definition) is 2. The lowest BCUT2D eigenvalue weighted by Crippen LogP contribution is -2.40. The predicted molar refractivity (Wildman–Crippen MR) is 84.3 cm³/mol. The fourth-order valence-electron chi connectivity index (χ4n) is 2.13. The van der Waals surface area contributed by atoms with E-state index in [1.54, 1.807) is 25.1 Å². The normalized spacial score (nSPS) is 13.7. The number of aromatic nitrogens is 2. The van der Waals surface area contributed by atoms with Gasteiger partial charge < -0.3 is 11.1 Å². The number of nitrogens with zero attached hydrogens (tertiary/aromatic N) is 2. The molecule has 118 valence electrons. The topological polar surface area (TPSA) is 72.9 Å². The van der Waals surface area contributed by atoms with Crippen molar-refractivity contribution in [2.24, 2.45) is 11.7 Å². The molecule has 1 heterocycles. The van der Waals surface area contributed by atoms with Crippen LogP contribution in [0.25, 0.3) is 5.69 Å². The minimum Gasteiger partial charge on any atom is -0.322 e. The summed E-state index contributed by atoms with van der Waals surface area (Å²) in [5.41, 5.74) is 7.43. The average Bonchev–Trinajstić information content (AvgIpc) is 2.87. The van der Waals surface area contributed by atoms with Crippen molar-refractivity contribution in [3.63, 3.8) is 0 Å². The second kappa shape index (κ2) is 6.70. The van der Waals surface area contributed by atoms with Gasteiger partial charge in [-0.25, -0.2) is 9.07 Å². The van der Waals surface area contributed by atoms with Crippen LogP contribution in [0.15, 0.2) is 30.5 Å². The molecule has 1 amide bonds. The van der Waals surface area contributed by atoms with Gasteiger partial charge in [0.05, 0.1) is 23.6 Å². The number of halogens is 1. The summed E-state index contributed by atoms with van der Waals surface area (Å²) in [7, 11) is 0. The molecule has 0 fully saturated rings. The summed E-state index contributed by atoms with van der Waals surface area (Å²) in [5, 5.41) is 6.91. The molecule has 0 saturated heterocycles. The molecule has 0 saturated carbocycles. The Bertz CT molecular complexity index is 668. The van der Waals surface area contributed by atoms with E-state index in [0.29, 0.717) is 17.1 Å². The van der Waals surface area contributed by atoms with Crippen molar-refractivity contribution in [3.8, 4) is 5.69 Å². The highest BCUT2D eigenvalue weighted by atomic mass is 19.1. The predicted octanol–water partition coefficient (Wildman–Crippen LogP) is 2.63. The lowest BCUT2D eigenvalue weighted by molar-refractivity contribution is -0.118. The second-order valence-electron chi connectivity index (χ2n) is 5.41. The van der Waals surface area contributed by atoms with Gasteiger partial charge in [0.15, 0.2) is 0 Å². The van der Waals surface area contributed by atoms with E-state index in [4.69, 9.17) is 5.73 Å². The van der Waals surface area contributed by atoms with E-state index >= 15 is 0 Å². The number of hydrogen-bond acceptors (Lipinski definition) is 3. The Hall–Kier alpha value is -2.21. The summed E-state index contributed by atoms with van der Waals surface area (Å²) in [6.07, 6.45) is 2.32. The van der Waals surface area contributed by atoms with Crippen LogP contribution < -0.4 is 11.1 Å². The van der Waals surface area contributed by atoms with E-state index in [0.717, 1.165) is 6.42 Å². The maximum atomic E-state index is 13.8. The maximum absolute atomic E-state index is 13.8. The summed E-state index contributed by atoms with van der Waals surface area (Å²) < 4.78 is 15.3. The zero-order valence-electron chi connectivity index (χ0n) is 13.0. The lowest BCUT2D eigenvalue weighted by Gasteiger charge is -2.17. The molecule has 22 heavy (non-hydrogen) atoms. The molecule has 2 rings (SSSR count). The molecule has 0 bridgehead atoms. The molecule has 0 aliphatic carbocycles. The summed E-state index contributed by atoms with van der Waals surface area (Å²) in [6.45, 7) is 5.68. The van der Waals surface area contributed by atoms with E-state index in [2.05, 4.69) is 10.4 Å². The van der Waals surface area contributed by atoms with Gasteiger partial charge in [-0.2, -0.15) is 5.10 Å². The van der Waals surface area contributed by atoms with Crippen molar-refractivity contribution >= 4 is 11.6 Å². The minimum atomic E-state index is -0.582. The van der Waals surface area contributed by atoms with Crippen molar-refractivity contribution in [3.05, 3.63) is 42.0 Å². The van der Waals surface area contributed by atoms with Crippen molar-refractivity contribution in [2.45, 2.75) is 33.2 Å². The molecule has 0 radical (unpaired) electrons. The van der Waals surface area contributed by atoms with E-state index in [1.807, 2.05) is 13.8 Å². The highest BCUT2D eigenvalue weighted by molar-refractivity contribution is 5.95. The van der Waals surface area contributed by atoms with Gasteiger partial charge in [-0.3, -0.25) is 4.79 Å². The molecular weight excluding hydrogens is 283 g/mol. The Morgan fingerprint density at radius 2 is 2.14 bits per heavy atom. The Kier molecular flexibility index (Phi) is 4.92. The Morgan fingerprint density at radius 3 is 2.77 bits per heavy atom. The van der Waals surface area contributed by atoms with Crippen LogP contribution in [0.2, 0.25) is 0 Å². The smallest absolute Gasteiger partial charge is 0.241 e. The molecule has 0 spiro atoms. The molecule has 3 N–H and O–H groups in total. The molecule has 2 atom stereocenters. The molecule has 1 aromatic carbocycles. The van der Waals surface area contributed by atoms with Gasteiger partial charge >= 0.3 is 0 Å². The summed E-state index contributed by atoms with van der Waals surface area (Å²) in [6, 6.07) is 5.77. The van der Waals surface area contributed by atoms with Gasteiger partial charge in [-0.15, -0.1) is 0 Å². The van der Waals surface area contributed by atoms with Crippen molar-refractivity contribution < 1.29 is 9.18 Å². The van der Waals surface area contributed by atoms with Crippen LogP contribution in [-0.4, -0.2) is 21.7 Å². The quantitative estimate of drug-likeness (QED) is 0.892. The molecule has 1 aromatic heterocycles. The molecule has 2 aromatic rings. The number of nitrogens with two attached hydrogens (primary N) is 1. The number of para-hydroxylation sites is 1. The third-order valence-electron chi connectivity index (χ3n) is 3.91. The fourth-order valence-corrected chi connectivity index (χ4v) is 2.13. The van der Waals surface area contributed by atoms with Gasteiger partial charge in [-0.05, 0) is 25.0 Å². The van der Waals surface area contributed by atoms with Gasteiger partial charge in [0.1, 0.15) is 11.5 Å². The minimum absolute atomic E-state index is 0.0851. The number of amides is 1. The van der Waals surface area contributed by atoms with Crippen molar-refractivity contribution in [2.75, 3.05) is 5.32 Å². The Labute approximate surface area is 129 Å². The third-order valence-corrected chi connectivity index (χ3v) is 3.91. The third kappa shape index (κ3) is 3.17. The van der Waals surface area contributed by atoms with Crippen LogP contribution >= 0.6 is 0 Å². The van der Waals surface area contributed by atoms with Crippen LogP contribution in [0.3, 0.4) is 0 Å². The summed E-state index contributed by atoms with van der Waals surface area (Å²) >= 11 is 0. The standard InChI is InChI=1S/C16H21FN4O/c1-4-10(2)15(18)16(22)20-13-9-19-21(11(13)3)14-8-6-5-7-12(14)17/h5-10,15H,4,18H2,1-3H3,(H,20,22). The van der Waals surface area contributed by atoms with Gasteiger partial charge in [0.2, 0.25) is 5.91 Å². The Balaban J connectivity index is 2.22. The fraction of sp³-hybridized carbons (Fsp3) is 0.375. The van der Waals surface area contributed by atoms with Crippen LogP contribution in [0.1, 0.15) is 26.0 Å². The monoisotopic (exact) mass is 304 g/mol. The molecule has 2 unspecified atom stereocenters. The highest BCUT2D eigenvalue weighted by Gasteiger charge is 2.21. The second-order valence-corrected chi connectivity index (χ2v) is 5.41.